The van der Waals surface area contributed by atoms with Crippen LogP contribution in [0.15, 0.2) is 54.6 Å². The first-order valence-corrected chi connectivity index (χ1v) is 9.75. The molecule has 0 radical (unpaired) electrons. The molecular formula is C23H26N4O2. The van der Waals surface area contributed by atoms with Gasteiger partial charge in [0.05, 0.1) is 17.9 Å². The summed E-state index contributed by atoms with van der Waals surface area (Å²) in [6.07, 6.45) is 0. The molecule has 1 N–H and O–H groups in total. The van der Waals surface area contributed by atoms with Gasteiger partial charge in [0.1, 0.15) is 5.82 Å². The smallest absolute Gasteiger partial charge is 0.340 e. The van der Waals surface area contributed by atoms with Gasteiger partial charge < -0.3 is 15.0 Å². The minimum absolute atomic E-state index is 0.325. The highest BCUT2D eigenvalue weighted by Crippen LogP contribution is 2.26. The van der Waals surface area contributed by atoms with Crippen molar-refractivity contribution in [1.29, 1.82) is 0 Å². The number of nitrogens with one attached hydrogen (secondary N) is 1. The van der Waals surface area contributed by atoms with Crippen molar-refractivity contribution in [3.05, 3.63) is 71.4 Å². The van der Waals surface area contributed by atoms with Crippen LogP contribution in [0.25, 0.3) is 0 Å². The number of aromatic nitrogens is 2. The summed E-state index contributed by atoms with van der Waals surface area (Å²) in [6, 6.07) is 17.3. The molecule has 6 heteroatoms. The second kappa shape index (κ2) is 9.19. The second-order valence-electron chi connectivity index (χ2n) is 6.67. The first-order valence-electron chi connectivity index (χ1n) is 9.75. The van der Waals surface area contributed by atoms with Crippen molar-refractivity contribution in [3.63, 3.8) is 0 Å². The molecule has 0 spiro atoms. The van der Waals surface area contributed by atoms with Gasteiger partial charge in [-0.1, -0.05) is 24.3 Å². The van der Waals surface area contributed by atoms with Gasteiger partial charge in [0, 0.05) is 24.0 Å². The maximum Gasteiger partial charge on any atom is 0.340 e. The van der Waals surface area contributed by atoms with E-state index >= 15 is 0 Å². The van der Waals surface area contributed by atoms with Crippen LogP contribution >= 0.6 is 0 Å². The molecule has 3 aromatic rings. The summed E-state index contributed by atoms with van der Waals surface area (Å²) in [5, 5.41) is 3.26. The van der Waals surface area contributed by atoms with E-state index in [2.05, 4.69) is 41.2 Å². The Balaban J connectivity index is 1.95. The van der Waals surface area contributed by atoms with Gasteiger partial charge in [-0.15, -0.1) is 0 Å². The van der Waals surface area contributed by atoms with E-state index < -0.39 is 0 Å². The van der Waals surface area contributed by atoms with Gasteiger partial charge in [0.25, 0.3) is 0 Å². The van der Waals surface area contributed by atoms with E-state index in [-0.39, 0.29) is 5.97 Å². The fourth-order valence-electron chi connectivity index (χ4n) is 3.09. The quantitative estimate of drug-likeness (QED) is 0.561. The highest BCUT2D eigenvalue weighted by atomic mass is 16.5. The average Bonchev–Trinajstić information content (AvgIpc) is 2.69. The number of nitrogens with zero attached hydrogens (tertiary/aromatic N) is 3. The van der Waals surface area contributed by atoms with E-state index in [1.54, 1.807) is 13.0 Å². The van der Waals surface area contributed by atoms with Crippen LogP contribution in [0.2, 0.25) is 0 Å². The topological polar surface area (TPSA) is 67.3 Å². The summed E-state index contributed by atoms with van der Waals surface area (Å²) >= 11 is 0. The molecule has 2 aromatic carbocycles. The van der Waals surface area contributed by atoms with E-state index in [0.717, 1.165) is 17.9 Å². The van der Waals surface area contributed by atoms with E-state index in [1.807, 2.05) is 43.3 Å². The molecule has 0 saturated heterocycles. The van der Waals surface area contributed by atoms with Crippen molar-refractivity contribution in [2.24, 2.45) is 0 Å². The van der Waals surface area contributed by atoms with Crippen LogP contribution in [0.5, 0.6) is 0 Å². The molecule has 29 heavy (non-hydrogen) atoms. The van der Waals surface area contributed by atoms with Gasteiger partial charge in [-0.2, -0.15) is 4.98 Å². The molecule has 3 rings (SSSR count). The predicted molar refractivity (Wildman–Crippen MR) is 116 cm³/mol. The molecule has 0 unspecified atom stereocenters. The molecule has 0 saturated carbocycles. The van der Waals surface area contributed by atoms with Crippen LogP contribution in [0.4, 0.5) is 23.1 Å². The molecular weight excluding hydrogens is 364 g/mol. The van der Waals surface area contributed by atoms with Crippen molar-refractivity contribution in [3.8, 4) is 0 Å². The Hall–Kier alpha value is -3.41. The number of para-hydroxylation sites is 1. The number of aryl methyl sites for hydroxylation is 2. The monoisotopic (exact) mass is 390 g/mol. The number of anilines is 4. The summed E-state index contributed by atoms with van der Waals surface area (Å²) < 4.78 is 5.16. The van der Waals surface area contributed by atoms with Crippen molar-refractivity contribution >= 4 is 29.1 Å². The Bertz CT molecular complexity index is 1000. The number of hydrogen-bond acceptors (Lipinski definition) is 6. The average molecular weight is 390 g/mol. The molecule has 150 valence electrons. The Morgan fingerprint density at radius 3 is 2.55 bits per heavy atom. The molecule has 0 amide bonds. The molecule has 6 nitrogen and oxygen atoms in total. The molecule has 1 aromatic heterocycles. The summed E-state index contributed by atoms with van der Waals surface area (Å²) in [5.74, 6) is 0.862. The standard InChI is InChI=1S/C23H26N4O2/c1-5-27(18-11-9-10-16(3)14-18)23-24-17(4)15-21(26-23)25-20-13-8-7-12-19(20)22(28)29-6-2/h7-15H,5-6H2,1-4H3,(H,24,25,26). The van der Waals surface area contributed by atoms with E-state index in [0.29, 0.717) is 29.6 Å². The van der Waals surface area contributed by atoms with Gasteiger partial charge in [-0.3, -0.25) is 0 Å². The van der Waals surface area contributed by atoms with Crippen molar-refractivity contribution < 1.29 is 9.53 Å². The van der Waals surface area contributed by atoms with Gasteiger partial charge >= 0.3 is 5.97 Å². The summed E-state index contributed by atoms with van der Waals surface area (Å²) in [4.78, 5) is 23.6. The Morgan fingerprint density at radius 1 is 1.03 bits per heavy atom. The lowest BCUT2D eigenvalue weighted by Crippen LogP contribution is -2.20. The van der Waals surface area contributed by atoms with E-state index in [4.69, 9.17) is 9.72 Å². The first-order chi connectivity index (χ1) is 14.0. The summed E-state index contributed by atoms with van der Waals surface area (Å²) in [7, 11) is 0. The minimum atomic E-state index is -0.364. The highest BCUT2D eigenvalue weighted by Gasteiger charge is 2.15. The highest BCUT2D eigenvalue weighted by molar-refractivity contribution is 5.96. The normalized spacial score (nSPS) is 10.5. The predicted octanol–water partition coefficient (Wildman–Crippen LogP) is 5.17. The minimum Gasteiger partial charge on any atom is -0.462 e. The van der Waals surface area contributed by atoms with Gasteiger partial charge in [-0.25, -0.2) is 9.78 Å². The number of rotatable bonds is 7. The van der Waals surface area contributed by atoms with Crippen LogP contribution in [-0.4, -0.2) is 29.1 Å². The number of carbonyl (C=O) groups excluding carboxylic acids is 1. The third-order valence-corrected chi connectivity index (χ3v) is 4.40. The zero-order chi connectivity index (χ0) is 20.8. The van der Waals surface area contributed by atoms with Crippen LogP contribution < -0.4 is 10.2 Å². The fraction of sp³-hybridized carbons (Fsp3) is 0.261. The summed E-state index contributed by atoms with van der Waals surface area (Å²) in [6.45, 7) is 8.90. The van der Waals surface area contributed by atoms with Gasteiger partial charge in [-0.05, 0) is 57.5 Å². The number of esters is 1. The lowest BCUT2D eigenvalue weighted by atomic mass is 10.2. The maximum atomic E-state index is 12.3. The lowest BCUT2D eigenvalue weighted by Gasteiger charge is -2.22. The van der Waals surface area contributed by atoms with Crippen molar-refractivity contribution in [2.75, 3.05) is 23.4 Å². The third-order valence-electron chi connectivity index (χ3n) is 4.40. The number of benzene rings is 2. The third kappa shape index (κ3) is 4.90. The molecule has 0 aliphatic rings. The van der Waals surface area contributed by atoms with E-state index in [1.165, 1.54) is 5.56 Å². The van der Waals surface area contributed by atoms with Crippen LogP contribution in [-0.2, 0) is 4.74 Å². The molecule has 0 aliphatic heterocycles. The molecule has 1 heterocycles. The van der Waals surface area contributed by atoms with Crippen molar-refractivity contribution in [2.45, 2.75) is 27.7 Å². The number of hydrogen-bond donors (Lipinski definition) is 1. The van der Waals surface area contributed by atoms with E-state index in [9.17, 15) is 4.79 Å². The van der Waals surface area contributed by atoms with Crippen LogP contribution in [0.1, 0.15) is 35.5 Å². The number of ether oxygens (including phenoxy) is 1. The molecule has 0 atom stereocenters. The zero-order valence-electron chi connectivity index (χ0n) is 17.3. The summed E-state index contributed by atoms with van der Waals surface area (Å²) in [5.41, 5.74) is 4.16. The van der Waals surface area contributed by atoms with Gasteiger partial charge in [0.2, 0.25) is 5.95 Å². The number of carbonyl (C=O) groups is 1. The Morgan fingerprint density at radius 2 is 1.83 bits per heavy atom. The Kier molecular flexibility index (Phi) is 6.44. The largest absolute Gasteiger partial charge is 0.462 e. The van der Waals surface area contributed by atoms with Gasteiger partial charge in [0.15, 0.2) is 0 Å². The van der Waals surface area contributed by atoms with Crippen molar-refractivity contribution in [1.82, 2.24) is 9.97 Å². The first kappa shape index (κ1) is 20.3. The maximum absolute atomic E-state index is 12.3. The van der Waals surface area contributed by atoms with Crippen LogP contribution in [0.3, 0.4) is 0 Å². The Labute approximate surface area is 171 Å². The SMILES string of the molecule is CCOC(=O)c1ccccc1Nc1cc(C)nc(N(CC)c2cccc(C)c2)n1. The molecule has 0 aliphatic carbocycles. The molecule has 0 fully saturated rings. The zero-order valence-corrected chi connectivity index (χ0v) is 17.3. The fourth-order valence-corrected chi connectivity index (χ4v) is 3.09. The second-order valence-corrected chi connectivity index (χ2v) is 6.67. The molecule has 0 bridgehead atoms. The van der Waals surface area contributed by atoms with Crippen LogP contribution in [0, 0.1) is 13.8 Å². The lowest BCUT2D eigenvalue weighted by molar-refractivity contribution is 0.0527.